The molecule has 5 N–H and O–H groups in total. The fourth-order valence-electron chi connectivity index (χ4n) is 1.70. The smallest absolute Gasteiger partial charge is 0.250 e. The van der Waals surface area contributed by atoms with Crippen LogP contribution in [0, 0.1) is 0 Å². The molecule has 4 nitrogen and oxygen atoms in total. The van der Waals surface area contributed by atoms with Gasteiger partial charge in [-0.15, -0.1) is 11.8 Å². The molecule has 1 amide bonds. The first-order valence-corrected chi connectivity index (χ1v) is 6.93. The number of rotatable bonds is 4. The van der Waals surface area contributed by atoms with Crippen molar-refractivity contribution in [3.63, 3.8) is 0 Å². The second kappa shape index (κ2) is 5.67. The summed E-state index contributed by atoms with van der Waals surface area (Å²) in [7, 11) is 0. The first-order valence-electron chi connectivity index (χ1n) is 5.70. The van der Waals surface area contributed by atoms with Gasteiger partial charge in [-0.3, -0.25) is 4.79 Å². The van der Waals surface area contributed by atoms with E-state index in [2.05, 4.69) is 5.32 Å². The number of nitrogens with two attached hydrogens (primary N) is 2. The fraction of sp³-hybridized carbons (Fsp3) is 0.0714. The number of anilines is 3. The Morgan fingerprint density at radius 1 is 1.16 bits per heavy atom. The Morgan fingerprint density at radius 3 is 2.42 bits per heavy atom. The topological polar surface area (TPSA) is 81.1 Å². The van der Waals surface area contributed by atoms with Crippen molar-refractivity contribution in [1.29, 1.82) is 0 Å². The molecule has 0 spiro atoms. The molecule has 0 aromatic heterocycles. The zero-order valence-electron chi connectivity index (χ0n) is 10.5. The van der Waals surface area contributed by atoms with Crippen molar-refractivity contribution < 1.29 is 4.79 Å². The van der Waals surface area contributed by atoms with Crippen LogP contribution in [0.5, 0.6) is 0 Å². The van der Waals surface area contributed by atoms with Gasteiger partial charge in [-0.25, -0.2) is 0 Å². The van der Waals surface area contributed by atoms with Crippen LogP contribution in [-0.2, 0) is 0 Å². The van der Waals surface area contributed by atoms with Crippen LogP contribution in [0.25, 0.3) is 0 Å². The van der Waals surface area contributed by atoms with Crippen molar-refractivity contribution in [3.05, 3.63) is 48.0 Å². The van der Waals surface area contributed by atoms with Crippen molar-refractivity contribution >= 4 is 34.7 Å². The van der Waals surface area contributed by atoms with Crippen LogP contribution in [-0.4, -0.2) is 12.2 Å². The lowest BCUT2D eigenvalue weighted by Gasteiger charge is -2.11. The minimum absolute atomic E-state index is 0.383. The summed E-state index contributed by atoms with van der Waals surface area (Å²) < 4.78 is 0. The highest BCUT2D eigenvalue weighted by Gasteiger charge is 2.08. The van der Waals surface area contributed by atoms with Gasteiger partial charge in [0.25, 0.3) is 5.91 Å². The number of primary amides is 1. The molecular weight excluding hydrogens is 258 g/mol. The molecule has 98 valence electrons. The minimum Gasteiger partial charge on any atom is -0.399 e. The van der Waals surface area contributed by atoms with E-state index in [4.69, 9.17) is 11.5 Å². The number of benzene rings is 2. The van der Waals surface area contributed by atoms with Crippen LogP contribution in [0.3, 0.4) is 0 Å². The van der Waals surface area contributed by atoms with E-state index in [9.17, 15) is 4.79 Å². The van der Waals surface area contributed by atoms with Gasteiger partial charge in [0, 0.05) is 16.3 Å². The lowest BCUT2D eigenvalue weighted by Crippen LogP contribution is -2.13. The first-order chi connectivity index (χ1) is 9.10. The lowest BCUT2D eigenvalue weighted by molar-refractivity contribution is 0.100. The maximum absolute atomic E-state index is 11.4. The monoisotopic (exact) mass is 273 g/mol. The standard InChI is InChI=1S/C14H15N3OS/c1-19-11-5-3-10(4-6-11)17-13-7-2-9(15)8-12(13)14(16)18/h2-8,17H,15H2,1H3,(H2,16,18). The van der Waals surface area contributed by atoms with Gasteiger partial charge in [-0.2, -0.15) is 0 Å². The second-order valence-corrected chi connectivity index (χ2v) is 4.90. The molecule has 19 heavy (non-hydrogen) atoms. The molecule has 0 radical (unpaired) electrons. The Hall–Kier alpha value is -2.14. The van der Waals surface area contributed by atoms with Gasteiger partial charge in [0.1, 0.15) is 0 Å². The molecular formula is C14H15N3OS. The molecule has 0 aliphatic heterocycles. The molecule has 0 aliphatic rings. The van der Waals surface area contributed by atoms with Crippen LogP contribution < -0.4 is 16.8 Å². The van der Waals surface area contributed by atoms with Crippen LogP contribution in [0.1, 0.15) is 10.4 Å². The summed E-state index contributed by atoms with van der Waals surface area (Å²) in [5.41, 5.74) is 13.4. The highest BCUT2D eigenvalue weighted by molar-refractivity contribution is 7.98. The number of nitrogen functional groups attached to an aromatic ring is 1. The number of carbonyl (C=O) groups excluding carboxylic acids is 1. The van der Waals surface area contributed by atoms with Crippen molar-refractivity contribution in [2.24, 2.45) is 5.73 Å². The van der Waals surface area contributed by atoms with Crippen molar-refractivity contribution in [2.45, 2.75) is 4.90 Å². The molecule has 0 fully saturated rings. The summed E-state index contributed by atoms with van der Waals surface area (Å²) in [6, 6.07) is 13.0. The summed E-state index contributed by atoms with van der Waals surface area (Å²) in [5.74, 6) is -0.504. The first kappa shape index (κ1) is 13.3. The molecule has 0 bridgehead atoms. The Balaban J connectivity index is 2.29. The normalized spacial score (nSPS) is 10.2. The highest BCUT2D eigenvalue weighted by Crippen LogP contribution is 2.24. The van der Waals surface area contributed by atoms with Gasteiger partial charge in [0.2, 0.25) is 0 Å². The highest BCUT2D eigenvalue weighted by atomic mass is 32.2. The Morgan fingerprint density at radius 2 is 1.84 bits per heavy atom. The van der Waals surface area contributed by atoms with E-state index < -0.39 is 5.91 Å². The van der Waals surface area contributed by atoms with Gasteiger partial charge in [-0.1, -0.05) is 0 Å². The maximum atomic E-state index is 11.4. The van der Waals surface area contributed by atoms with Gasteiger partial charge in [0.05, 0.1) is 11.3 Å². The molecule has 0 heterocycles. The maximum Gasteiger partial charge on any atom is 0.250 e. The summed E-state index contributed by atoms with van der Waals surface area (Å²) in [4.78, 5) is 12.6. The number of nitrogens with one attached hydrogen (secondary N) is 1. The predicted octanol–water partition coefficient (Wildman–Crippen LogP) is 2.83. The predicted molar refractivity (Wildman–Crippen MR) is 80.9 cm³/mol. The van der Waals surface area contributed by atoms with Crippen LogP contribution >= 0.6 is 11.8 Å². The number of hydrogen-bond donors (Lipinski definition) is 3. The number of carbonyl (C=O) groups is 1. The largest absolute Gasteiger partial charge is 0.399 e. The Kier molecular flexibility index (Phi) is 3.97. The lowest BCUT2D eigenvalue weighted by atomic mass is 10.1. The molecule has 0 saturated heterocycles. The fourth-order valence-corrected chi connectivity index (χ4v) is 2.11. The second-order valence-electron chi connectivity index (χ2n) is 4.02. The summed E-state index contributed by atoms with van der Waals surface area (Å²) in [6.45, 7) is 0. The average molecular weight is 273 g/mol. The molecule has 2 aromatic carbocycles. The number of hydrogen-bond acceptors (Lipinski definition) is 4. The summed E-state index contributed by atoms with van der Waals surface area (Å²) in [5, 5.41) is 3.17. The number of thioether (sulfide) groups is 1. The quantitative estimate of drug-likeness (QED) is 0.591. The van der Waals surface area contributed by atoms with Crippen LogP contribution in [0.2, 0.25) is 0 Å². The van der Waals surface area contributed by atoms with E-state index >= 15 is 0 Å². The van der Waals surface area contributed by atoms with Gasteiger partial charge in [0.15, 0.2) is 0 Å². The van der Waals surface area contributed by atoms with Crippen LogP contribution in [0.4, 0.5) is 17.1 Å². The van der Waals surface area contributed by atoms with Crippen LogP contribution in [0.15, 0.2) is 47.4 Å². The molecule has 0 unspecified atom stereocenters. The molecule has 0 saturated carbocycles. The third kappa shape index (κ3) is 3.20. The Bertz CT molecular complexity index is 596. The molecule has 5 heteroatoms. The van der Waals surface area contributed by atoms with Gasteiger partial charge < -0.3 is 16.8 Å². The SMILES string of the molecule is CSc1ccc(Nc2ccc(N)cc2C(N)=O)cc1. The molecule has 0 aliphatic carbocycles. The zero-order valence-corrected chi connectivity index (χ0v) is 11.3. The van der Waals surface area contributed by atoms with E-state index in [-0.39, 0.29) is 0 Å². The zero-order chi connectivity index (χ0) is 13.8. The number of amides is 1. The molecule has 2 aromatic rings. The molecule has 2 rings (SSSR count). The average Bonchev–Trinajstić information content (AvgIpc) is 2.41. The minimum atomic E-state index is -0.504. The van der Waals surface area contributed by atoms with Gasteiger partial charge in [-0.05, 0) is 48.7 Å². The van der Waals surface area contributed by atoms with E-state index in [0.717, 1.165) is 5.69 Å². The van der Waals surface area contributed by atoms with Gasteiger partial charge >= 0.3 is 0 Å². The summed E-state index contributed by atoms with van der Waals surface area (Å²) >= 11 is 1.68. The van der Waals surface area contributed by atoms with E-state index in [0.29, 0.717) is 16.9 Å². The third-order valence-electron chi connectivity index (χ3n) is 2.68. The van der Waals surface area contributed by atoms with E-state index in [1.54, 1.807) is 30.0 Å². The third-order valence-corrected chi connectivity index (χ3v) is 3.42. The van der Waals surface area contributed by atoms with Crippen molar-refractivity contribution in [3.8, 4) is 0 Å². The van der Waals surface area contributed by atoms with Crippen molar-refractivity contribution in [1.82, 2.24) is 0 Å². The van der Waals surface area contributed by atoms with E-state index in [1.165, 1.54) is 4.90 Å². The Labute approximate surface area is 116 Å². The van der Waals surface area contributed by atoms with E-state index in [1.807, 2.05) is 30.5 Å². The summed E-state index contributed by atoms with van der Waals surface area (Å²) in [6.07, 6.45) is 2.02. The molecule has 0 atom stereocenters. The van der Waals surface area contributed by atoms with Crippen molar-refractivity contribution in [2.75, 3.05) is 17.3 Å².